The maximum Gasteiger partial charge on any atom is 0.317 e. The number of carbonyl (C=O) groups is 1. The molecule has 0 aliphatic carbocycles. The molecule has 1 heterocycles. The van der Waals surface area contributed by atoms with Crippen molar-refractivity contribution in [2.45, 2.75) is 6.54 Å². The number of para-hydroxylation sites is 1. The van der Waals surface area contributed by atoms with Crippen molar-refractivity contribution in [1.29, 1.82) is 0 Å². The van der Waals surface area contributed by atoms with Gasteiger partial charge in [-0.15, -0.1) is 0 Å². The van der Waals surface area contributed by atoms with Gasteiger partial charge in [-0.05, 0) is 29.8 Å². The van der Waals surface area contributed by atoms with Gasteiger partial charge in [0.2, 0.25) is 0 Å². The minimum Gasteiger partial charge on any atom is -0.492 e. The molecule has 25 heavy (non-hydrogen) atoms. The zero-order valence-corrected chi connectivity index (χ0v) is 14.2. The van der Waals surface area contributed by atoms with E-state index in [1.165, 1.54) is 0 Å². The molecule has 3 rings (SSSR count). The normalized spacial score (nSPS) is 12.4. The van der Waals surface area contributed by atoms with Gasteiger partial charge in [0, 0.05) is 13.6 Å². The molecule has 0 atom stereocenters. The lowest BCUT2D eigenvalue weighted by Crippen LogP contribution is -2.39. The number of hydrogen-bond acceptors (Lipinski definition) is 4. The number of carbonyl (C=O) groups excluding carboxylic acids is 1. The van der Waals surface area contributed by atoms with Gasteiger partial charge in [-0.25, -0.2) is 4.79 Å². The van der Waals surface area contributed by atoms with Gasteiger partial charge >= 0.3 is 6.03 Å². The third-order valence-electron chi connectivity index (χ3n) is 3.84. The van der Waals surface area contributed by atoms with Crippen molar-refractivity contribution in [3.05, 3.63) is 54.1 Å². The third kappa shape index (κ3) is 4.79. The molecule has 2 aromatic rings. The second-order valence-electron chi connectivity index (χ2n) is 5.72. The first-order valence-corrected chi connectivity index (χ1v) is 8.28. The Hall–Kier alpha value is -2.89. The van der Waals surface area contributed by atoms with Gasteiger partial charge < -0.3 is 24.4 Å². The zero-order chi connectivity index (χ0) is 17.5. The molecule has 1 aliphatic rings. The van der Waals surface area contributed by atoms with Crippen LogP contribution in [0.5, 0.6) is 17.2 Å². The molecular weight excluding hydrogens is 320 g/mol. The van der Waals surface area contributed by atoms with Crippen molar-refractivity contribution < 1.29 is 19.0 Å². The Bertz CT molecular complexity index is 706. The lowest BCUT2D eigenvalue weighted by Gasteiger charge is -2.20. The predicted octanol–water partition coefficient (Wildman–Crippen LogP) is 2.68. The molecule has 0 spiro atoms. The number of fused-ring (bicyclic) bond motifs is 1. The van der Waals surface area contributed by atoms with Gasteiger partial charge in [0.05, 0.1) is 6.54 Å². The first kappa shape index (κ1) is 17.0. The molecule has 132 valence electrons. The molecule has 0 aromatic heterocycles. The second-order valence-corrected chi connectivity index (χ2v) is 5.72. The number of nitrogens with one attached hydrogen (secondary N) is 1. The summed E-state index contributed by atoms with van der Waals surface area (Å²) in [5.41, 5.74) is 0.964. The molecule has 0 unspecified atom stereocenters. The van der Waals surface area contributed by atoms with E-state index in [2.05, 4.69) is 5.32 Å². The maximum absolute atomic E-state index is 12.2. The van der Waals surface area contributed by atoms with Crippen LogP contribution >= 0.6 is 0 Å². The minimum absolute atomic E-state index is 0.147. The van der Waals surface area contributed by atoms with Gasteiger partial charge in [-0.3, -0.25) is 0 Å². The highest BCUT2D eigenvalue weighted by molar-refractivity contribution is 5.73. The average molecular weight is 342 g/mol. The predicted molar refractivity (Wildman–Crippen MR) is 94.2 cm³/mol. The SMILES string of the molecule is CN(CCOc1ccccc1)C(=O)NCc1ccc2c(c1)OCCO2. The molecular formula is C19H22N2O4. The van der Waals surface area contributed by atoms with Crippen LogP contribution in [-0.4, -0.2) is 44.3 Å². The topological polar surface area (TPSA) is 60.0 Å². The largest absolute Gasteiger partial charge is 0.492 e. The van der Waals surface area contributed by atoms with E-state index in [1.807, 2.05) is 48.5 Å². The van der Waals surface area contributed by atoms with Gasteiger partial charge in [-0.1, -0.05) is 24.3 Å². The standard InChI is InChI=1S/C19H22N2O4/c1-21(9-10-23-16-5-3-2-4-6-16)19(22)20-14-15-7-8-17-18(13-15)25-12-11-24-17/h2-8,13H,9-12,14H2,1H3,(H,20,22). The number of benzene rings is 2. The van der Waals surface area contributed by atoms with Crippen LogP contribution in [0.15, 0.2) is 48.5 Å². The Labute approximate surface area is 147 Å². The highest BCUT2D eigenvalue weighted by Gasteiger charge is 2.13. The summed E-state index contributed by atoms with van der Waals surface area (Å²) in [6, 6.07) is 15.1. The quantitative estimate of drug-likeness (QED) is 0.877. The van der Waals surface area contributed by atoms with E-state index in [1.54, 1.807) is 11.9 Å². The summed E-state index contributed by atoms with van der Waals surface area (Å²) in [6.07, 6.45) is 0. The van der Waals surface area contributed by atoms with Crippen LogP contribution in [-0.2, 0) is 6.54 Å². The first-order valence-electron chi connectivity index (χ1n) is 8.28. The van der Waals surface area contributed by atoms with E-state index in [-0.39, 0.29) is 6.03 Å². The Morgan fingerprint density at radius 1 is 1.12 bits per heavy atom. The lowest BCUT2D eigenvalue weighted by molar-refractivity contribution is 0.171. The van der Waals surface area contributed by atoms with Crippen LogP contribution < -0.4 is 19.5 Å². The Balaban J connectivity index is 1.42. The summed E-state index contributed by atoms with van der Waals surface area (Å²) in [5.74, 6) is 2.27. The van der Waals surface area contributed by atoms with Crippen molar-refractivity contribution in [1.82, 2.24) is 10.2 Å². The summed E-state index contributed by atoms with van der Waals surface area (Å²) in [5, 5.41) is 2.89. The van der Waals surface area contributed by atoms with Crippen LogP contribution in [0.2, 0.25) is 0 Å². The highest BCUT2D eigenvalue weighted by Crippen LogP contribution is 2.30. The minimum atomic E-state index is -0.147. The van der Waals surface area contributed by atoms with Crippen molar-refractivity contribution in [2.24, 2.45) is 0 Å². The van der Waals surface area contributed by atoms with Crippen LogP contribution in [0.3, 0.4) is 0 Å². The van der Waals surface area contributed by atoms with Crippen LogP contribution in [0.1, 0.15) is 5.56 Å². The Morgan fingerprint density at radius 2 is 1.88 bits per heavy atom. The molecule has 6 nitrogen and oxygen atoms in total. The number of rotatable bonds is 6. The van der Waals surface area contributed by atoms with Gasteiger partial charge in [-0.2, -0.15) is 0 Å². The highest BCUT2D eigenvalue weighted by atomic mass is 16.6. The maximum atomic E-state index is 12.2. The zero-order valence-electron chi connectivity index (χ0n) is 14.2. The van der Waals surface area contributed by atoms with E-state index in [0.717, 1.165) is 22.8 Å². The number of ether oxygens (including phenoxy) is 3. The Morgan fingerprint density at radius 3 is 2.68 bits per heavy atom. The molecule has 0 saturated heterocycles. The van der Waals surface area contributed by atoms with Crippen molar-refractivity contribution >= 4 is 6.03 Å². The van der Waals surface area contributed by atoms with Crippen LogP contribution in [0, 0.1) is 0 Å². The molecule has 1 aliphatic heterocycles. The number of hydrogen-bond donors (Lipinski definition) is 1. The molecule has 0 saturated carbocycles. The number of amides is 2. The summed E-state index contributed by atoms with van der Waals surface area (Å²) in [4.78, 5) is 13.7. The van der Waals surface area contributed by atoms with E-state index >= 15 is 0 Å². The molecule has 0 radical (unpaired) electrons. The number of urea groups is 1. The number of nitrogens with zero attached hydrogens (tertiary/aromatic N) is 1. The summed E-state index contributed by atoms with van der Waals surface area (Å²) in [6.45, 7) is 2.49. The van der Waals surface area contributed by atoms with Gasteiger partial charge in [0.25, 0.3) is 0 Å². The molecule has 2 aromatic carbocycles. The van der Waals surface area contributed by atoms with E-state index in [0.29, 0.717) is 32.9 Å². The van der Waals surface area contributed by atoms with Crippen LogP contribution in [0.4, 0.5) is 4.79 Å². The first-order chi connectivity index (χ1) is 12.2. The Kier molecular flexibility index (Phi) is 5.61. The summed E-state index contributed by atoms with van der Waals surface area (Å²) in [7, 11) is 1.74. The third-order valence-corrected chi connectivity index (χ3v) is 3.84. The average Bonchev–Trinajstić information content (AvgIpc) is 2.66. The smallest absolute Gasteiger partial charge is 0.317 e. The lowest BCUT2D eigenvalue weighted by atomic mass is 10.2. The van der Waals surface area contributed by atoms with E-state index < -0.39 is 0 Å². The molecule has 1 N–H and O–H groups in total. The molecule has 6 heteroatoms. The number of likely N-dealkylation sites (N-methyl/N-ethyl adjacent to an activating group) is 1. The monoisotopic (exact) mass is 342 g/mol. The molecule has 0 fully saturated rings. The fourth-order valence-electron chi connectivity index (χ4n) is 2.43. The summed E-state index contributed by atoms with van der Waals surface area (Å²) < 4.78 is 16.6. The van der Waals surface area contributed by atoms with Crippen molar-refractivity contribution in [3.8, 4) is 17.2 Å². The van der Waals surface area contributed by atoms with Gasteiger partial charge in [0.15, 0.2) is 11.5 Å². The van der Waals surface area contributed by atoms with Gasteiger partial charge in [0.1, 0.15) is 25.6 Å². The summed E-state index contributed by atoms with van der Waals surface area (Å²) >= 11 is 0. The fraction of sp³-hybridized carbons (Fsp3) is 0.316. The van der Waals surface area contributed by atoms with E-state index in [9.17, 15) is 4.79 Å². The fourth-order valence-corrected chi connectivity index (χ4v) is 2.43. The molecule has 0 bridgehead atoms. The van der Waals surface area contributed by atoms with Crippen molar-refractivity contribution in [3.63, 3.8) is 0 Å². The second kappa shape index (κ2) is 8.28. The van der Waals surface area contributed by atoms with Crippen molar-refractivity contribution in [2.75, 3.05) is 33.4 Å². The van der Waals surface area contributed by atoms with Crippen LogP contribution in [0.25, 0.3) is 0 Å². The van der Waals surface area contributed by atoms with E-state index in [4.69, 9.17) is 14.2 Å². The molecule has 2 amide bonds.